The summed E-state index contributed by atoms with van der Waals surface area (Å²) < 4.78 is 0. The molecule has 1 aliphatic rings. The molecule has 0 aromatic carbocycles. The molecule has 0 spiro atoms. The minimum Gasteiger partial charge on any atom is -0.338 e. The van der Waals surface area contributed by atoms with E-state index in [9.17, 15) is 4.79 Å². The van der Waals surface area contributed by atoms with Crippen LogP contribution in [0, 0.1) is 0 Å². The van der Waals surface area contributed by atoms with Gasteiger partial charge in [-0.2, -0.15) is 15.0 Å². The quantitative estimate of drug-likeness (QED) is 0.429. The molecular formula is C23H35N7O. The van der Waals surface area contributed by atoms with Gasteiger partial charge in [-0.25, -0.2) is 4.98 Å². The van der Waals surface area contributed by atoms with Crippen molar-refractivity contribution in [2.75, 3.05) is 43.4 Å². The summed E-state index contributed by atoms with van der Waals surface area (Å²) >= 11 is 0. The van der Waals surface area contributed by atoms with E-state index in [1.54, 1.807) is 18.3 Å². The van der Waals surface area contributed by atoms with Crippen LogP contribution in [0.4, 0.5) is 17.7 Å². The SMILES string of the molecule is CCCCCCCC(=O)c1ccnc(Nc2nc(CC)nc(N3CCN(C)CC3)n2)c1. The van der Waals surface area contributed by atoms with Crippen LogP contribution in [0.2, 0.25) is 0 Å². The monoisotopic (exact) mass is 425 g/mol. The van der Waals surface area contributed by atoms with Crippen LogP contribution in [-0.4, -0.2) is 63.8 Å². The summed E-state index contributed by atoms with van der Waals surface area (Å²) in [5.41, 5.74) is 0.678. The smallest absolute Gasteiger partial charge is 0.233 e. The number of pyridine rings is 1. The van der Waals surface area contributed by atoms with Crippen molar-refractivity contribution in [3.05, 3.63) is 29.7 Å². The van der Waals surface area contributed by atoms with Gasteiger partial charge in [0.2, 0.25) is 11.9 Å². The van der Waals surface area contributed by atoms with Gasteiger partial charge in [-0.1, -0.05) is 39.5 Å². The summed E-state index contributed by atoms with van der Waals surface area (Å²) in [7, 11) is 2.13. The van der Waals surface area contributed by atoms with Gasteiger partial charge in [0.1, 0.15) is 11.6 Å². The number of anilines is 3. The first-order valence-corrected chi connectivity index (χ1v) is 11.5. The standard InChI is InChI=1S/C23H35N7O/c1-4-6-7-8-9-10-19(31)18-11-12-24-21(17-18)26-22-25-20(5-2)27-23(28-22)30-15-13-29(3)14-16-30/h11-12,17H,4-10,13-16H2,1-3H3,(H,24,25,26,27,28). The van der Waals surface area contributed by atoms with E-state index in [1.165, 1.54) is 19.3 Å². The van der Waals surface area contributed by atoms with Crippen LogP contribution in [0.25, 0.3) is 0 Å². The van der Waals surface area contributed by atoms with Crippen molar-refractivity contribution >= 4 is 23.5 Å². The van der Waals surface area contributed by atoms with Gasteiger partial charge in [0.05, 0.1) is 0 Å². The summed E-state index contributed by atoms with van der Waals surface area (Å²) in [5.74, 6) is 2.64. The van der Waals surface area contributed by atoms with E-state index in [0.29, 0.717) is 29.7 Å². The molecule has 0 radical (unpaired) electrons. The second-order valence-electron chi connectivity index (χ2n) is 8.16. The topological polar surface area (TPSA) is 87.1 Å². The number of hydrogen-bond acceptors (Lipinski definition) is 8. The molecule has 1 saturated heterocycles. The molecule has 1 N–H and O–H groups in total. The number of aromatic nitrogens is 4. The number of likely N-dealkylation sites (N-methyl/N-ethyl adjacent to an activating group) is 1. The Morgan fingerprint density at radius 3 is 2.55 bits per heavy atom. The maximum absolute atomic E-state index is 12.6. The van der Waals surface area contributed by atoms with E-state index in [2.05, 4.69) is 49.0 Å². The number of unbranched alkanes of at least 4 members (excludes halogenated alkanes) is 4. The first-order valence-electron chi connectivity index (χ1n) is 11.5. The molecule has 0 bridgehead atoms. The van der Waals surface area contributed by atoms with Crippen molar-refractivity contribution in [3.8, 4) is 0 Å². The molecule has 0 saturated carbocycles. The van der Waals surface area contributed by atoms with E-state index in [0.717, 1.165) is 51.3 Å². The number of aryl methyl sites for hydroxylation is 1. The van der Waals surface area contributed by atoms with E-state index in [1.807, 2.05) is 6.92 Å². The summed E-state index contributed by atoms with van der Waals surface area (Å²) in [6, 6.07) is 3.57. The second-order valence-corrected chi connectivity index (χ2v) is 8.16. The molecule has 0 amide bonds. The predicted octanol–water partition coefficient (Wildman–Crippen LogP) is 3.87. The van der Waals surface area contributed by atoms with Crippen LogP contribution < -0.4 is 10.2 Å². The van der Waals surface area contributed by atoms with Crippen molar-refractivity contribution in [1.29, 1.82) is 0 Å². The molecule has 31 heavy (non-hydrogen) atoms. The lowest BCUT2D eigenvalue weighted by molar-refractivity contribution is 0.0979. The third kappa shape index (κ3) is 6.95. The van der Waals surface area contributed by atoms with E-state index in [4.69, 9.17) is 0 Å². The minimum absolute atomic E-state index is 0.157. The van der Waals surface area contributed by atoms with Crippen molar-refractivity contribution in [2.45, 2.75) is 58.8 Å². The summed E-state index contributed by atoms with van der Waals surface area (Å²) in [6.45, 7) is 7.99. The largest absolute Gasteiger partial charge is 0.338 e. The predicted molar refractivity (Wildman–Crippen MR) is 124 cm³/mol. The molecule has 0 aliphatic carbocycles. The van der Waals surface area contributed by atoms with Gasteiger partial charge in [0.25, 0.3) is 0 Å². The maximum atomic E-state index is 12.6. The third-order valence-corrected chi connectivity index (χ3v) is 5.60. The highest BCUT2D eigenvalue weighted by atomic mass is 16.1. The number of carbonyl (C=O) groups is 1. The zero-order valence-corrected chi connectivity index (χ0v) is 19.1. The normalized spacial score (nSPS) is 14.6. The Balaban J connectivity index is 1.67. The zero-order valence-electron chi connectivity index (χ0n) is 19.1. The average molecular weight is 426 g/mol. The van der Waals surface area contributed by atoms with Crippen LogP contribution in [0.15, 0.2) is 18.3 Å². The van der Waals surface area contributed by atoms with E-state index >= 15 is 0 Å². The Morgan fingerprint density at radius 2 is 1.81 bits per heavy atom. The number of nitrogens with one attached hydrogen (secondary N) is 1. The van der Waals surface area contributed by atoms with Crippen molar-refractivity contribution in [3.63, 3.8) is 0 Å². The van der Waals surface area contributed by atoms with Crippen molar-refractivity contribution < 1.29 is 4.79 Å². The van der Waals surface area contributed by atoms with Crippen molar-refractivity contribution in [2.24, 2.45) is 0 Å². The molecule has 3 rings (SSSR count). The van der Waals surface area contributed by atoms with Gasteiger partial charge >= 0.3 is 0 Å². The maximum Gasteiger partial charge on any atom is 0.233 e. The average Bonchev–Trinajstić information content (AvgIpc) is 2.79. The Morgan fingerprint density at radius 1 is 1.03 bits per heavy atom. The first-order chi connectivity index (χ1) is 15.1. The summed E-state index contributed by atoms with van der Waals surface area (Å²) in [6.07, 6.45) is 8.65. The van der Waals surface area contributed by atoms with Gasteiger partial charge in [0, 0.05) is 50.8 Å². The Labute approximate surface area is 185 Å². The lowest BCUT2D eigenvalue weighted by Crippen LogP contribution is -2.45. The first kappa shape index (κ1) is 23.1. The number of Topliss-reactive ketones (excluding diaryl/α,β-unsaturated/α-hetero) is 1. The number of nitrogens with zero attached hydrogens (tertiary/aromatic N) is 6. The molecule has 2 aromatic heterocycles. The summed E-state index contributed by atoms with van der Waals surface area (Å²) in [4.78, 5) is 35.2. The molecular weight excluding hydrogens is 390 g/mol. The molecule has 0 atom stereocenters. The van der Waals surface area contributed by atoms with Gasteiger partial charge in [-0.3, -0.25) is 4.79 Å². The molecule has 8 heteroatoms. The fraction of sp³-hybridized carbons (Fsp3) is 0.609. The van der Waals surface area contributed by atoms with Gasteiger partial charge in [-0.05, 0) is 25.6 Å². The Kier molecular flexibility index (Phi) is 8.70. The molecule has 8 nitrogen and oxygen atoms in total. The van der Waals surface area contributed by atoms with Crippen molar-refractivity contribution in [1.82, 2.24) is 24.8 Å². The minimum atomic E-state index is 0.157. The molecule has 0 unspecified atom stereocenters. The van der Waals surface area contributed by atoms with Crippen LogP contribution in [0.3, 0.4) is 0 Å². The van der Waals surface area contributed by atoms with Gasteiger partial charge in [-0.15, -0.1) is 0 Å². The highest BCUT2D eigenvalue weighted by Gasteiger charge is 2.18. The molecule has 1 fully saturated rings. The zero-order chi connectivity index (χ0) is 22.1. The number of piperazine rings is 1. The number of ketones is 1. The van der Waals surface area contributed by atoms with Gasteiger partial charge in [0.15, 0.2) is 5.78 Å². The highest BCUT2D eigenvalue weighted by molar-refractivity contribution is 5.96. The molecule has 1 aliphatic heterocycles. The third-order valence-electron chi connectivity index (χ3n) is 5.60. The van der Waals surface area contributed by atoms with E-state index < -0.39 is 0 Å². The van der Waals surface area contributed by atoms with Crippen LogP contribution in [-0.2, 0) is 6.42 Å². The highest BCUT2D eigenvalue weighted by Crippen LogP contribution is 2.18. The molecule has 2 aromatic rings. The second kappa shape index (κ2) is 11.7. The molecule has 168 valence electrons. The number of hydrogen-bond donors (Lipinski definition) is 1. The van der Waals surface area contributed by atoms with Crippen LogP contribution >= 0.6 is 0 Å². The Hall–Kier alpha value is -2.61. The van der Waals surface area contributed by atoms with Crippen LogP contribution in [0.5, 0.6) is 0 Å². The fourth-order valence-electron chi connectivity index (χ4n) is 3.59. The van der Waals surface area contributed by atoms with Gasteiger partial charge < -0.3 is 15.1 Å². The lowest BCUT2D eigenvalue weighted by atomic mass is 10.0. The fourth-order valence-corrected chi connectivity index (χ4v) is 3.59. The lowest BCUT2D eigenvalue weighted by Gasteiger charge is -2.32. The van der Waals surface area contributed by atoms with Crippen LogP contribution in [0.1, 0.15) is 68.6 Å². The Bertz CT molecular complexity index is 850. The molecule has 3 heterocycles. The number of rotatable bonds is 11. The summed E-state index contributed by atoms with van der Waals surface area (Å²) in [5, 5.41) is 3.18. The van der Waals surface area contributed by atoms with E-state index in [-0.39, 0.29) is 5.78 Å². The number of carbonyl (C=O) groups excluding carboxylic acids is 1.